The Morgan fingerprint density at radius 2 is 2.12 bits per heavy atom. The lowest BCUT2D eigenvalue weighted by molar-refractivity contribution is -0.117. The summed E-state index contributed by atoms with van der Waals surface area (Å²) in [5.74, 6) is 0.213. The van der Waals surface area contributed by atoms with Crippen molar-refractivity contribution >= 4 is 27.4 Å². The lowest BCUT2D eigenvalue weighted by Gasteiger charge is -2.35. The van der Waals surface area contributed by atoms with Crippen molar-refractivity contribution < 1.29 is 19.4 Å². The number of hydrogen-bond acceptors (Lipinski definition) is 6. The first-order valence-electron chi connectivity index (χ1n) is 11.5. The molecule has 0 radical (unpaired) electrons. The predicted octanol–water partition coefficient (Wildman–Crippen LogP) is 5.85. The zero-order valence-electron chi connectivity index (χ0n) is 19.6. The maximum absolute atomic E-state index is 13.3. The van der Waals surface area contributed by atoms with E-state index < -0.39 is 18.1 Å². The van der Waals surface area contributed by atoms with Crippen LogP contribution in [0.15, 0.2) is 45.0 Å². The molecule has 4 atom stereocenters. The first-order valence-corrected chi connectivity index (χ1v) is 12.3. The van der Waals surface area contributed by atoms with Crippen LogP contribution >= 0.6 is 15.9 Å². The highest BCUT2D eigenvalue weighted by Gasteiger charge is 2.41. The van der Waals surface area contributed by atoms with Gasteiger partial charge in [-0.3, -0.25) is 9.79 Å². The van der Waals surface area contributed by atoms with Crippen molar-refractivity contribution in [3.63, 3.8) is 0 Å². The summed E-state index contributed by atoms with van der Waals surface area (Å²) in [6.07, 6.45) is 5.36. The zero-order valence-corrected chi connectivity index (χ0v) is 21.2. The molecule has 7 heteroatoms. The Labute approximate surface area is 204 Å². The van der Waals surface area contributed by atoms with Crippen LogP contribution in [0.25, 0.3) is 0 Å². The van der Waals surface area contributed by atoms with E-state index in [1.165, 1.54) is 6.08 Å². The van der Waals surface area contributed by atoms with Gasteiger partial charge in [0, 0.05) is 29.3 Å². The second-order valence-corrected chi connectivity index (χ2v) is 9.34. The van der Waals surface area contributed by atoms with Crippen LogP contribution in [-0.2, 0) is 4.79 Å². The van der Waals surface area contributed by atoms with Crippen LogP contribution in [0.5, 0.6) is 11.5 Å². The lowest BCUT2D eigenvalue weighted by Crippen LogP contribution is -2.32. The maximum atomic E-state index is 13.3. The smallest absolute Gasteiger partial charge is 0.217 e. The summed E-state index contributed by atoms with van der Waals surface area (Å²) in [5.41, 5.74) is 2.98. The van der Waals surface area contributed by atoms with E-state index in [4.69, 9.17) is 14.5 Å². The Morgan fingerprint density at radius 1 is 1.36 bits per heavy atom. The molecule has 0 bridgehead atoms. The Kier molecular flexibility index (Phi) is 8.50. The van der Waals surface area contributed by atoms with E-state index in [9.17, 15) is 15.2 Å². The highest BCUT2D eigenvalue weighted by molar-refractivity contribution is 9.10. The van der Waals surface area contributed by atoms with Gasteiger partial charge in [-0.25, -0.2) is 0 Å². The second-order valence-electron chi connectivity index (χ2n) is 8.48. The molecular formula is C26H31BrN2O4. The number of aliphatic imine (C=N–C) groups is 1. The van der Waals surface area contributed by atoms with Crippen LogP contribution in [-0.4, -0.2) is 29.5 Å². The van der Waals surface area contributed by atoms with Gasteiger partial charge in [-0.2, -0.15) is 5.26 Å². The standard InChI is InChI=1S/C26H31BrN2O4/c1-5-8-16-10-20-25(21(30)11-16)24(18(14-28)15(4)29-20)17-12-19(27)26(22(13-17)32-7-3)33-23(31)9-6-2/h6,9,12-13,16,18,23-24,31H,5,7-8,10-11H2,1-4H3. The number of aliphatic hydroxyl groups is 1. The molecule has 33 heavy (non-hydrogen) atoms. The molecule has 0 fully saturated rings. The molecule has 2 aliphatic rings. The molecule has 1 N–H and O–H groups in total. The summed E-state index contributed by atoms with van der Waals surface area (Å²) in [5, 5.41) is 20.1. The molecular weight excluding hydrogens is 484 g/mol. The van der Waals surface area contributed by atoms with E-state index >= 15 is 0 Å². The second kappa shape index (κ2) is 11.1. The van der Waals surface area contributed by atoms with Gasteiger partial charge in [0.05, 0.1) is 23.1 Å². The highest BCUT2D eigenvalue weighted by Crippen LogP contribution is 2.48. The third kappa shape index (κ3) is 5.39. The molecule has 0 spiro atoms. The first-order chi connectivity index (χ1) is 15.8. The summed E-state index contributed by atoms with van der Waals surface area (Å²) in [7, 11) is 0. The summed E-state index contributed by atoms with van der Waals surface area (Å²) in [6.45, 7) is 8.04. The van der Waals surface area contributed by atoms with E-state index in [1.807, 2.05) is 26.0 Å². The highest BCUT2D eigenvalue weighted by atomic mass is 79.9. The molecule has 1 heterocycles. The quantitative estimate of drug-likeness (QED) is 0.346. The van der Waals surface area contributed by atoms with Crippen molar-refractivity contribution in [3.05, 3.63) is 45.6 Å². The van der Waals surface area contributed by atoms with Gasteiger partial charge in [-0.1, -0.05) is 19.4 Å². The number of benzene rings is 1. The van der Waals surface area contributed by atoms with Crippen molar-refractivity contribution in [1.29, 1.82) is 5.26 Å². The summed E-state index contributed by atoms with van der Waals surface area (Å²) in [4.78, 5) is 18.0. The molecule has 1 aliphatic heterocycles. The summed E-state index contributed by atoms with van der Waals surface area (Å²) >= 11 is 3.55. The van der Waals surface area contributed by atoms with Gasteiger partial charge in [0.15, 0.2) is 17.3 Å². The number of nitrogens with zero attached hydrogens (tertiary/aromatic N) is 2. The van der Waals surface area contributed by atoms with Gasteiger partial charge in [0.2, 0.25) is 6.29 Å². The van der Waals surface area contributed by atoms with E-state index in [-0.39, 0.29) is 5.78 Å². The largest absolute Gasteiger partial charge is 0.490 e. The number of ketones is 1. The number of aliphatic hydroxyl groups excluding tert-OH is 1. The predicted molar refractivity (Wildman–Crippen MR) is 131 cm³/mol. The SMILES string of the molecule is CC=CC(O)Oc1c(Br)cc(C2C3=C(CC(CCC)CC3=O)N=C(C)C2C#N)cc1OCC. The minimum atomic E-state index is -1.13. The van der Waals surface area contributed by atoms with Gasteiger partial charge in [0.25, 0.3) is 0 Å². The summed E-state index contributed by atoms with van der Waals surface area (Å²) in [6, 6.07) is 6.04. The van der Waals surface area contributed by atoms with Crippen LogP contribution in [0.2, 0.25) is 0 Å². The van der Waals surface area contributed by atoms with E-state index in [2.05, 4.69) is 28.9 Å². The van der Waals surface area contributed by atoms with E-state index in [1.54, 1.807) is 13.0 Å². The molecule has 1 aromatic rings. The van der Waals surface area contributed by atoms with Gasteiger partial charge in [-0.15, -0.1) is 0 Å². The molecule has 176 valence electrons. The van der Waals surface area contributed by atoms with Crippen molar-refractivity contribution in [2.45, 2.75) is 65.6 Å². The van der Waals surface area contributed by atoms with Crippen LogP contribution in [0, 0.1) is 23.2 Å². The van der Waals surface area contributed by atoms with Crippen LogP contribution in [0.4, 0.5) is 0 Å². The third-order valence-corrected chi connectivity index (χ3v) is 6.68. The molecule has 1 aromatic carbocycles. The number of hydrogen-bond donors (Lipinski definition) is 1. The Hall–Kier alpha value is -2.43. The topological polar surface area (TPSA) is 91.9 Å². The average molecular weight is 515 g/mol. The number of carbonyl (C=O) groups is 1. The van der Waals surface area contributed by atoms with Crippen LogP contribution in [0.1, 0.15) is 64.9 Å². The number of nitriles is 1. The molecule has 0 aromatic heterocycles. The molecule has 0 saturated carbocycles. The number of ether oxygens (including phenoxy) is 2. The average Bonchev–Trinajstić information content (AvgIpc) is 2.75. The molecule has 0 amide bonds. The van der Waals surface area contributed by atoms with Crippen molar-refractivity contribution in [2.75, 3.05) is 6.61 Å². The lowest BCUT2D eigenvalue weighted by atomic mass is 9.70. The first kappa shape index (κ1) is 25.2. The Morgan fingerprint density at radius 3 is 2.76 bits per heavy atom. The van der Waals surface area contributed by atoms with Gasteiger partial charge in [0.1, 0.15) is 0 Å². The fourth-order valence-electron chi connectivity index (χ4n) is 4.75. The van der Waals surface area contributed by atoms with E-state index in [0.29, 0.717) is 40.5 Å². The Balaban J connectivity index is 2.11. The fourth-order valence-corrected chi connectivity index (χ4v) is 5.30. The number of rotatable bonds is 8. The van der Waals surface area contributed by atoms with Crippen molar-refractivity contribution in [2.24, 2.45) is 16.8 Å². The number of halogens is 1. The van der Waals surface area contributed by atoms with Gasteiger partial charge >= 0.3 is 0 Å². The number of carbonyl (C=O) groups excluding carboxylic acids is 1. The molecule has 6 nitrogen and oxygen atoms in total. The number of Topliss-reactive ketones (excluding diaryl/α,β-unsaturated/α-hetero) is 1. The molecule has 3 rings (SSSR count). The van der Waals surface area contributed by atoms with Crippen molar-refractivity contribution in [3.8, 4) is 17.6 Å². The molecule has 0 saturated heterocycles. The minimum absolute atomic E-state index is 0.0779. The fraction of sp³-hybridized carbons (Fsp3) is 0.500. The molecule has 1 aliphatic carbocycles. The zero-order chi connectivity index (χ0) is 24.1. The summed E-state index contributed by atoms with van der Waals surface area (Å²) < 4.78 is 12.1. The Bertz CT molecular complexity index is 1040. The number of allylic oxidation sites excluding steroid dienone is 3. The van der Waals surface area contributed by atoms with E-state index in [0.717, 1.165) is 36.2 Å². The van der Waals surface area contributed by atoms with Gasteiger partial charge in [-0.05, 0) is 79.2 Å². The van der Waals surface area contributed by atoms with Gasteiger partial charge < -0.3 is 14.6 Å². The maximum Gasteiger partial charge on any atom is 0.217 e. The van der Waals surface area contributed by atoms with Crippen LogP contribution in [0.3, 0.4) is 0 Å². The molecule has 4 unspecified atom stereocenters. The van der Waals surface area contributed by atoms with Crippen molar-refractivity contribution in [1.82, 2.24) is 0 Å². The van der Waals surface area contributed by atoms with Crippen LogP contribution < -0.4 is 9.47 Å². The minimum Gasteiger partial charge on any atom is -0.490 e. The monoisotopic (exact) mass is 514 g/mol. The third-order valence-electron chi connectivity index (χ3n) is 6.10. The normalized spacial score (nSPS) is 23.7.